The van der Waals surface area contributed by atoms with E-state index in [1.807, 2.05) is 12.1 Å². The molecule has 2 aromatic heterocycles. The van der Waals surface area contributed by atoms with Crippen molar-refractivity contribution >= 4 is 11.5 Å². The van der Waals surface area contributed by atoms with E-state index in [2.05, 4.69) is 65.5 Å². The van der Waals surface area contributed by atoms with E-state index in [1.54, 1.807) is 12.4 Å². The molecule has 0 bridgehead atoms. The number of hydrogen-bond acceptors (Lipinski definition) is 4. The van der Waals surface area contributed by atoms with E-state index in [0.29, 0.717) is 0 Å². The summed E-state index contributed by atoms with van der Waals surface area (Å²) in [4.78, 5) is 4.05. The van der Waals surface area contributed by atoms with Crippen LogP contribution in [0, 0.1) is 20.8 Å². The van der Waals surface area contributed by atoms with Crippen LogP contribution >= 0.6 is 0 Å². The minimum absolute atomic E-state index is 0.771. The van der Waals surface area contributed by atoms with E-state index in [4.69, 9.17) is 0 Å². The van der Waals surface area contributed by atoms with Crippen molar-refractivity contribution in [1.29, 1.82) is 0 Å². The van der Waals surface area contributed by atoms with Gasteiger partial charge >= 0.3 is 0 Å². The first-order valence-electron chi connectivity index (χ1n) is 7.69. The smallest absolute Gasteiger partial charge is 0.156 e. The number of anilines is 2. The molecule has 2 heterocycles. The third-order valence-electron chi connectivity index (χ3n) is 4.06. The highest BCUT2D eigenvalue weighted by atomic mass is 15.2. The number of aromatic nitrogens is 3. The maximum Gasteiger partial charge on any atom is 0.156 e. The third-order valence-corrected chi connectivity index (χ3v) is 4.06. The van der Waals surface area contributed by atoms with E-state index >= 15 is 0 Å². The van der Waals surface area contributed by atoms with Crippen LogP contribution in [-0.2, 0) is 6.42 Å². The number of pyridine rings is 1. The first-order chi connectivity index (χ1) is 11.1. The summed E-state index contributed by atoms with van der Waals surface area (Å²) in [6.45, 7) is 6.25. The summed E-state index contributed by atoms with van der Waals surface area (Å²) < 4.78 is 0. The van der Waals surface area contributed by atoms with Gasteiger partial charge in [0.15, 0.2) is 5.82 Å². The number of aryl methyl sites for hydroxylation is 1. The molecule has 3 rings (SSSR count). The molecular formula is C19H20N4. The molecule has 0 aliphatic rings. The quantitative estimate of drug-likeness (QED) is 0.787. The Hall–Kier alpha value is -2.75. The molecule has 0 saturated heterocycles. The van der Waals surface area contributed by atoms with Crippen molar-refractivity contribution in [2.75, 3.05) is 5.32 Å². The lowest BCUT2D eigenvalue weighted by Gasteiger charge is -2.13. The first-order valence-corrected chi connectivity index (χ1v) is 7.69. The predicted molar refractivity (Wildman–Crippen MR) is 93.0 cm³/mol. The normalized spacial score (nSPS) is 10.6. The molecule has 0 radical (unpaired) electrons. The zero-order chi connectivity index (χ0) is 16.2. The van der Waals surface area contributed by atoms with Gasteiger partial charge in [-0.1, -0.05) is 17.7 Å². The summed E-state index contributed by atoms with van der Waals surface area (Å²) in [5.41, 5.74) is 6.76. The SMILES string of the molecule is Cc1ccc(Nc2nnc(Cc3ccncc3)c(C)c2C)cc1. The molecule has 4 nitrogen and oxygen atoms in total. The molecule has 1 N–H and O–H groups in total. The lowest BCUT2D eigenvalue weighted by molar-refractivity contribution is 0.909. The van der Waals surface area contributed by atoms with Crippen LogP contribution in [0.1, 0.15) is 27.9 Å². The Kier molecular flexibility index (Phi) is 4.33. The number of hydrogen-bond donors (Lipinski definition) is 1. The second-order valence-electron chi connectivity index (χ2n) is 5.77. The Labute approximate surface area is 136 Å². The fraction of sp³-hybridized carbons (Fsp3) is 0.211. The van der Waals surface area contributed by atoms with Crippen LogP contribution in [0.3, 0.4) is 0 Å². The Morgan fingerprint density at radius 3 is 2.22 bits per heavy atom. The Balaban J connectivity index is 1.84. The Morgan fingerprint density at radius 2 is 1.52 bits per heavy atom. The summed E-state index contributed by atoms with van der Waals surface area (Å²) >= 11 is 0. The topological polar surface area (TPSA) is 50.7 Å². The number of nitrogens with zero attached hydrogens (tertiary/aromatic N) is 3. The molecule has 0 aliphatic heterocycles. The van der Waals surface area contributed by atoms with Crippen LogP contribution in [0.4, 0.5) is 11.5 Å². The Morgan fingerprint density at radius 1 is 0.826 bits per heavy atom. The third kappa shape index (κ3) is 3.54. The molecule has 0 fully saturated rings. The zero-order valence-corrected chi connectivity index (χ0v) is 13.7. The van der Waals surface area contributed by atoms with Crippen LogP contribution in [0.2, 0.25) is 0 Å². The zero-order valence-electron chi connectivity index (χ0n) is 13.7. The van der Waals surface area contributed by atoms with Crippen molar-refractivity contribution in [3.63, 3.8) is 0 Å². The molecular weight excluding hydrogens is 284 g/mol. The number of rotatable bonds is 4. The Bertz CT molecular complexity index is 796. The van der Waals surface area contributed by atoms with E-state index in [9.17, 15) is 0 Å². The van der Waals surface area contributed by atoms with E-state index in [0.717, 1.165) is 29.2 Å². The summed E-state index contributed by atoms with van der Waals surface area (Å²) in [7, 11) is 0. The minimum atomic E-state index is 0.771. The summed E-state index contributed by atoms with van der Waals surface area (Å²) in [5.74, 6) is 0.810. The van der Waals surface area contributed by atoms with Gasteiger partial charge in [-0.3, -0.25) is 4.98 Å². The monoisotopic (exact) mass is 304 g/mol. The fourth-order valence-electron chi connectivity index (χ4n) is 2.41. The van der Waals surface area contributed by atoms with Crippen molar-refractivity contribution in [2.24, 2.45) is 0 Å². The largest absolute Gasteiger partial charge is 0.339 e. The van der Waals surface area contributed by atoms with Crippen LogP contribution in [0.15, 0.2) is 48.8 Å². The number of nitrogens with one attached hydrogen (secondary N) is 1. The van der Waals surface area contributed by atoms with E-state index < -0.39 is 0 Å². The molecule has 116 valence electrons. The molecule has 1 aromatic carbocycles. The van der Waals surface area contributed by atoms with Crippen LogP contribution in [0.25, 0.3) is 0 Å². The van der Waals surface area contributed by atoms with Crippen molar-refractivity contribution in [1.82, 2.24) is 15.2 Å². The highest BCUT2D eigenvalue weighted by molar-refractivity contribution is 5.60. The van der Waals surface area contributed by atoms with Gasteiger partial charge in [0.1, 0.15) is 0 Å². The van der Waals surface area contributed by atoms with Gasteiger partial charge < -0.3 is 5.32 Å². The lowest BCUT2D eigenvalue weighted by Crippen LogP contribution is -2.06. The van der Waals surface area contributed by atoms with Crippen LogP contribution in [0.5, 0.6) is 0 Å². The number of benzene rings is 1. The maximum atomic E-state index is 4.42. The molecule has 23 heavy (non-hydrogen) atoms. The predicted octanol–water partition coefficient (Wildman–Crippen LogP) is 4.13. The van der Waals surface area contributed by atoms with E-state index in [-0.39, 0.29) is 0 Å². The summed E-state index contributed by atoms with van der Waals surface area (Å²) in [5, 5.41) is 12.1. The van der Waals surface area contributed by atoms with Crippen molar-refractivity contribution in [3.05, 3.63) is 76.7 Å². The molecule has 0 atom stereocenters. The van der Waals surface area contributed by atoms with Crippen molar-refractivity contribution < 1.29 is 0 Å². The maximum absolute atomic E-state index is 4.42. The molecule has 0 spiro atoms. The van der Waals surface area contributed by atoms with Gasteiger partial charge in [-0.2, -0.15) is 5.10 Å². The summed E-state index contributed by atoms with van der Waals surface area (Å²) in [6, 6.07) is 12.3. The van der Waals surface area contributed by atoms with Gasteiger partial charge in [0.2, 0.25) is 0 Å². The van der Waals surface area contributed by atoms with Crippen molar-refractivity contribution in [2.45, 2.75) is 27.2 Å². The summed E-state index contributed by atoms with van der Waals surface area (Å²) in [6.07, 6.45) is 4.38. The second kappa shape index (κ2) is 6.57. The molecule has 4 heteroatoms. The standard InChI is InChI=1S/C19H20N4/c1-13-4-6-17(7-5-13)21-19-15(3)14(2)18(22-23-19)12-16-8-10-20-11-9-16/h4-11H,12H2,1-3H3,(H,21,23). The average Bonchev–Trinajstić information content (AvgIpc) is 2.57. The van der Waals surface area contributed by atoms with Crippen LogP contribution < -0.4 is 5.32 Å². The van der Waals surface area contributed by atoms with Gasteiger partial charge in [0.05, 0.1) is 5.69 Å². The fourth-order valence-corrected chi connectivity index (χ4v) is 2.41. The molecule has 0 unspecified atom stereocenters. The molecule has 3 aromatic rings. The average molecular weight is 304 g/mol. The van der Waals surface area contributed by atoms with Gasteiger partial charge in [-0.05, 0) is 61.7 Å². The first kappa shape index (κ1) is 15.2. The molecule has 0 saturated carbocycles. The highest BCUT2D eigenvalue weighted by Gasteiger charge is 2.10. The van der Waals surface area contributed by atoms with Crippen molar-refractivity contribution in [3.8, 4) is 0 Å². The van der Waals surface area contributed by atoms with E-state index in [1.165, 1.54) is 16.7 Å². The van der Waals surface area contributed by atoms with Gasteiger partial charge in [0, 0.05) is 24.5 Å². The highest BCUT2D eigenvalue weighted by Crippen LogP contribution is 2.23. The second-order valence-corrected chi connectivity index (χ2v) is 5.77. The van der Waals surface area contributed by atoms with Gasteiger partial charge in [-0.15, -0.1) is 5.10 Å². The molecule has 0 amide bonds. The van der Waals surface area contributed by atoms with Gasteiger partial charge in [-0.25, -0.2) is 0 Å². The molecule has 0 aliphatic carbocycles. The lowest BCUT2D eigenvalue weighted by atomic mass is 10.0. The van der Waals surface area contributed by atoms with Gasteiger partial charge in [0.25, 0.3) is 0 Å². The minimum Gasteiger partial charge on any atom is -0.339 e. The van der Waals surface area contributed by atoms with Crippen LogP contribution in [-0.4, -0.2) is 15.2 Å².